The van der Waals surface area contributed by atoms with Crippen molar-refractivity contribution in [1.82, 2.24) is 15.1 Å². The number of β-amino-alcohol motifs (C(OH)–C–C–N with tert-alkyl or cyclic N) is 1. The van der Waals surface area contributed by atoms with E-state index in [4.69, 9.17) is 0 Å². The van der Waals surface area contributed by atoms with Gasteiger partial charge < -0.3 is 20.4 Å². The number of likely N-dealkylation sites (tertiary alicyclic amines) is 2. The summed E-state index contributed by atoms with van der Waals surface area (Å²) in [6, 6.07) is -0.121. The van der Waals surface area contributed by atoms with Gasteiger partial charge in [-0.3, -0.25) is 4.90 Å². The fourth-order valence-corrected chi connectivity index (χ4v) is 3.41. The molecule has 2 saturated heterocycles. The third-order valence-electron chi connectivity index (χ3n) is 4.72. The Morgan fingerprint density at radius 1 is 1.43 bits per heavy atom. The summed E-state index contributed by atoms with van der Waals surface area (Å²) in [6.45, 7) is 7.43. The van der Waals surface area contributed by atoms with Crippen LogP contribution in [0, 0.1) is 5.92 Å². The summed E-state index contributed by atoms with van der Waals surface area (Å²) >= 11 is 0. The molecule has 0 bridgehead atoms. The second kappa shape index (κ2) is 7.42. The summed E-state index contributed by atoms with van der Waals surface area (Å²) in [5.41, 5.74) is 0. The quantitative estimate of drug-likeness (QED) is 0.695. The lowest BCUT2D eigenvalue weighted by Gasteiger charge is -2.36. The summed E-state index contributed by atoms with van der Waals surface area (Å²) in [5, 5.41) is 21.8. The Labute approximate surface area is 127 Å². The minimum absolute atomic E-state index is 0.0936. The number of nitrogens with zero attached hydrogens (tertiary/aromatic N) is 2. The molecule has 122 valence electrons. The van der Waals surface area contributed by atoms with Crippen LogP contribution in [-0.4, -0.2) is 77.0 Å². The van der Waals surface area contributed by atoms with Crippen LogP contribution >= 0.6 is 0 Å². The van der Waals surface area contributed by atoms with Crippen molar-refractivity contribution in [3.8, 4) is 0 Å². The van der Waals surface area contributed by atoms with Gasteiger partial charge in [0, 0.05) is 25.7 Å². The number of carbonyl (C=O) groups excluding carboxylic acids is 1. The van der Waals surface area contributed by atoms with E-state index in [9.17, 15) is 15.0 Å². The largest absolute Gasteiger partial charge is 0.394 e. The van der Waals surface area contributed by atoms with Crippen LogP contribution < -0.4 is 5.32 Å². The maximum atomic E-state index is 12.2. The second-order valence-electron chi connectivity index (χ2n) is 6.66. The first kappa shape index (κ1) is 16.5. The summed E-state index contributed by atoms with van der Waals surface area (Å²) in [5.74, 6) is 0.726. The third kappa shape index (κ3) is 4.31. The maximum absolute atomic E-state index is 12.2. The summed E-state index contributed by atoms with van der Waals surface area (Å²) in [4.78, 5) is 16.2. The molecule has 6 nitrogen and oxygen atoms in total. The van der Waals surface area contributed by atoms with Crippen LogP contribution in [0.3, 0.4) is 0 Å². The lowest BCUT2D eigenvalue weighted by molar-refractivity contribution is 0.129. The first-order chi connectivity index (χ1) is 10.0. The number of aliphatic hydroxyl groups excluding tert-OH is 2. The highest BCUT2D eigenvalue weighted by atomic mass is 16.3. The van der Waals surface area contributed by atoms with Gasteiger partial charge in [-0.05, 0) is 38.6 Å². The van der Waals surface area contributed by atoms with Crippen LogP contribution in [0.4, 0.5) is 4.79 Å². The Kier molecular flexibility index (Phi) is 5.84. The van der Waals surface area contributed by atoms with E-state index in [1.807, 2.05) is 0 Å². The number of urea groups is 1. The van der Waals surface area contributed by atoms with Gasteiger partial charge in [-0.2, -0.15) is 0 Å². The van der Waals surface area contributed by atoms with Crippen LogP contribution in [-0.2, 0) is 0 Å². The molecule has 0 radical (unpaired) electrons. The number of aliphatic hydroxyl groups is 2. The number of hydrogen-bond acceptors (Lipinski definition) is 4. The van der Waals surface area contributed by atoms with Crippen LogP contribution in [0.2, 0.25) is 0 Å². The maximum Gasteiger partial charge on any atom is 0.317 e. The van der Waals surface area contributed by atoms with Crippen molar-refractivity contribution in [1.29, 1.82) is 0 Å². The fraction of sp³-hybridized carbons (Fsp3) is 0.933. The number of nitrogens with one attached hydrogen (secondary N) is 1. The van der Waals surface area contributed by atoms with E-state index in [2.05, 4.69) is 24.1 Å². The molecule has 3 N–H and O–H groups in total. The first-order valence-corrected chi connectivity index (χ1v) is 8.08. The molecule has 2 aliphatic rings. The van der Waals surface area contributed by atoms with Gasteiger partial charge in [-0.25, -0.2) is 4.79 Å². The van der Waals surface area contributed by atoms with Gasteiger partial charge in [0.1, 0.15) is 0 Å². The molecule has 0 spiro atoms. The molecule has 2 amide bonds. The number of hydrogen-bond donors (Lipinski definition) is 3. The van der Waals surface area contributed by atoms with E-state index < -0.39 is 6.10 Å². The second-order valence-corrected chi connectivity index (χ2v) is 6.66. The van der Waals surface area contributed by atoms with Gasteiger partial charge in [0.05, 0.1) is 18.8 Å². The Bertz CT molecular complexity index is 353. The topological polar surface area (TPSA) is 76.0 Å². The fourth-order valence-electron chi connectivity index (χ4n) is 3.41. The van der Waals surface area contributed by atoms with Gasteiger partial charge in [0.2, 0.25) is 0 Å². The summed E-state index contributed by atoms with van der Waals surface area (Å²) in [7, 11) is 0. The van der Waals surface area contributed by atoms with Gasteiger partial charge in [0.25, 0.3) is 0 Å². The minimum Gasteiger partial charge on any atom is -0.394 e. The molecule has 0 saturated carbocycles. The van der Waals surface area contributed by atoms with Gasteiger partial charge >= 0.3 is 6.03 Å². The SMILES string of the molecule is CC1CCCN(C(C)CNC(=O)N2C[C@@H](O)C[C@H]2CO)C1. The molecule has 2 fully saturated rings. The van der Waals surface area contributed by atoms with Gasteiger partial charge in [0.15, 0.2) is 0 Å². The lowest BCUT2D eigenvalue weighted by atomic mass is 9.99. The smallest absolute Gasteiger partial charge is 0.317 e. The molecular weight excluding hydrogens is 270 g/mol. The van der Waals surface area contributed by atoms with E-state index in [1.165, 1.54) is 12.8 Å². The normalized spacial score (nSPS) is 32.2. The van der Waals surface area contributed by atoms with E-state index in [0.29, 0.717) is 25.6 Å². The third-order valence-corrected chi connectivity index (χ3v) is 4.72. The summed E-state index contributed by atoms with van der Waals surface area (Å²) in [6.07, 6.45) is 2.46. The molecule has 6 heteroatoms. The van der Waals surface area contributed by atoms with Crippen LogP contribution in [0.25, 0.3) is 0 Å². The molecule has 2 heterocycles. The van der Waals surface area contributed by atoms with Crippen LogP contribution in [0.5, 0.6) is 0 Å². The number of piperidine rings is 1. The average Bonchev–Trinajstić information content (AvgIpc) is 2.85. The Hall–Kier alpha value is -0.850. The monoisotopic (exact) mass is 299 g/mol. The zero-order valence-corrected chi connectivity index (χ0v) is 13.2. The highest BCUT2D eigenvalue weighted by molar-refractivity contribution is 5.75. The highest BCUT2D eigenvalue weighted by Gasteiger charge is 2.34. The molecule has 0 aliphatic carbocycles. The van der Waals surface area contributed by atoms with E-state index >= 15 is 0 Å². The molecule has 2 aliphatic heterocycles. The zero-order chi connectivity index (χ0) is 15.4. The van der Waals surface area contributed by atoms with Crippen molar-refractivity contribution in [2.24, 2.45) is 5.92 Å². The zero-order valence-electron chi connectivity index (χ0n) is 13.2. The van der Waals surface area contributed by atoms with Crippen molar-refractivity contribution >= 4 is 6.03 Å². The van der Waals surface area contributed by atoms with Gasteiger partial charge in [-0.15, -0.1) is 0 Å². The summed E-state index contributed by atoms with van der Waals surface area (Å²) < 4.78 is 0. The van der Waals surface area contributed by atoms with E-state index in [-0.39, 0.29) is 18.7 Å². The highest BCUT2D eigenvalue weighted by Crippen LogP contribution is 2.19. The Morgan fingerprint density at radius 3 is 2.86 bits per heavy atom. The van der Waals surface area contributed by atoms with Crippen LogP contribution in [0.1, 0.15) is 33.1 Å². The number of rotatable bonds is 4. The first-order valence-electron chi connectivity index (χ1n) is 8.08. The minimum atomic E-state index is -0.520. The molecule has 21 heavy (non-hydrogen) atoms. The number of amides is 2. The standard InChI is InChI=1S/C15H29N3O3/c1-11-4-3-5-17(8-11)12(2)7-16-15(21)18-9-14(20)6-13(18)10-19/h11-14,19-20H,3-10H2,1-2H3,(H,16,21)/t11?,12?,13-,14-/m0/s1. The van der Waals surface area contributed by atoms with E-state index in [1.54, 1.807) is 4.90 Å². The predicted molar refractivity (Wildman–Crippen MR) is 81.0 cm³/mol. The van der Waals surface area contributed by atoms with Crippen LogP contribution in [0.15, 0.2) is 0 Å². The average molecular weight is 299 g/mol. The van der Waals surface area contributed by atoms with Crippen molar-refractivity contribution < 1.29 is 15.0 Å². The molecule has 0 aromatic heterocycles. The van der Waals surface area contributed by atoms with Crippen molar-refractivity contribution in [3.63, 3.8) is 0 Å². The van der Waals surface area contributed by atoms with Crippen molar-refractivity contribution in [3.05, 3.63) is 0 Å². The van der Waals surface area contributed by atoms with Gasteiger partial charge in [-0.1, -0.05) is 6.92 Å². The molecule has 2 unspecified atom stereocenters. The van der Waals surface area contributed by atoms with E-state index in [0.717, 1.165) is 19.0 Å². The van der Waals surface area contributed by atoms with Crippen molar-refractivity contribution in [2.45, 2.75) is 51.3 Å². The lowest BCUT2D eigenvalue weighted by Crippen LogP contribution is -2.50. The Balaban J connectivity index is 1.78. The molecular formula is C15H29N3O3. The number of carbonyl (C=O) groups is 1. The molecule has 0 aromatic rings. The predicted octanol–water partition coefficient (Wildman–Crippen LogP) is 0.244. The molecule has 0 aromatic carbocycles. The molecule has 4 atom stereocenters. The van der Waals surface area contributed by atoms with Crippen molar-refractivity contribution in [2.75, 3.05) is 32.8 Å². The Morgan fingerprint density at radius 2 is 2.19 bits per heavy atom. The molecule has 2 rings (SSSR count).